The zero-order valence-electron chi connectivity index (χ0n) is 13.6. The summed E-state index contributed by atoms with van der Waals surface area (Å²) in [5.41, 5.74) is 2.99. The van der Waals surface area contributed by atoms with Crippen molar-refractivity contribution in [1.29, 1.82) is 0 Å². The number of hydrogen-bond donors (Lipinski definition) is 1. The van der Waals surface area contributed by atoms with Crippen molar-refractivity contribution in [2.24, 2.45) is 0 Å². The van der Waals surface area contributed by atoms with Crippen LogP contribution in [0.1, 0.15) is 12.8 Å². The van der Waals surface area contributed by atoms with Gasteiger partial charge in [0.05, 0.1) is 16.0 Å². The maximum absolute atomic E-state index is 12.2. The van der Waals surface area contributed by atoms with Gasteiger partial charge in [-0.25, -0.2) is 9.97 Å². The van der Waals surface area contributed by atoms with Gasteiger partial charge in [0.25, 0.3) is 0 Å². The minimum atomic E-state index is -0.0257. The van der Waals surface area contributed by atoms with Crippen molar-refractivity contribution >= 4 is 50.6 Å². The summed E-state index contributed by atoms with van der Waals surface area (Å²) in [4.78, 5) is 23.1. The summed E-state index contributed by atoms with van der Waals surface area (Å²) in [6.45, 7) is 2.25. The summed E-state index contributed by atoms with van der Waals surface area (Å²) in [7, 11) is 0. The maximum Gasteiger partial charge on any atom is 0.234 e. The second-order valence-electron chi connectivity index (χ2n) is 5.89. The molecule has 0 aliphatic carbocycles. The van der Waals surface area contributed by atoms with Crippen LogP contribution in [0.3, 0.4) is 0 Å². The summed E-state index contributed by atoms with van der Waals surface area (Å²) in [6, 6.07) is 10.1. The largest absolute Gasteiger partial charge is 0.372 e. The number of thioether (sulfide) groups is 1. The second-order valence-corrected chi connectivity index (χ2v) is 7.77. The van der Waals surface area contributed by atoms with Gasteiger partial charge in [0, 0.05) is 24.5 Å². The smallest absolute Gasteiger partial charge is 0.234 e. The zero-order chi connectivity index (χ0) is 17.1. The Kier molecular flexibility index (Phi) is 4.85. The van der Waals surface area contributed by atoms with Crippen molar-refractivity contribution in [2.75, 3.05) is 29.1 Å². The summed E-state index contributed by atoms with van der Waals surface area (Å²) >= 11 is 3.05. The number of carbonyl (C=O) groups is 1. The Morgan fingerprint density at radius 3 is 2.76 bits per heavy atom. The van der Waals surface area contributed by atoms with E-state index < -0.39 is 0 Å². The highest BCUT2D eigenvalue weighted by atomic mass is 32.2. The molecule has 1 amide bonds. The molecule has 0 spiro atoms. The fourth-order valence-electron chi connectivity index (χ4n) is 2.93. The molecule has 2 aromatic heterocycles. The molecule has 1 fully saturated rings. The highest BCUT2D eigenvalue weighted by Crippen LogP contribution is 2.28. The zero-order valence-corrected chi connectivity index (χ0v) is 15.3. The van der Waals surface area contributed by atoms with Crippen LogP contribution in [-0.4, -0.2) is 34.7 Å². The normalized spacial score (nSPS) is 14.2. The highest BCUT2D eigenvalue weighted by molar-refractivity contribution is 8.00. The van der Waals surface area contributed by atoms with Gasteiger partial charge >= 0.3 is 0 Å². The fraction of sp³-hybridized carbons (Fsp3) is 0.278. The number of anilines is 2. The number of benzene rings is 1. The Bertz CT molecular complexity index is 872. The van der Waals surface area contributed by atoms with E-state index in [0.717, 1.165) is 34.0 Å². The van der Waals surface area contributed by atoms with Gasteiger partial charge in [-0.3, -0.25) is 4.79 Å². The molecule has 1 aliphatic heterocycles. The lowest BCUT2D eigenvalue weighted by molar-refractivity contribution is -0.113. The third-order valence-electron chi connectivity index (χ3n) is 4.17. The van der Waals surface area contributed by atoms with Crippen LogP contribution in [0.25, 0.3) is 10.2 Å². The van der Waals surface area contributed by atoms with Crippen molar-refractivity contribution in [2.45, 2.75) is 17.9 Å². The number of carbonyl (C=O) groups excluding carboxylic acids is 1. The SMILES string of the molecule is O=C(CSc1ncnc2ccsc12)Nc1ccc(N2CCCC2)cc1. The van der Waals surface area contributed by atoms with Gasteiger partial charge in [0.1, 0.15) is 11.4 Å². The van der Waals surface area contributed by atoms with Gasteiger partial charge in [-0.2, -0.15) is 0 Å². The first-order valence-electron chi connectivity index (χ1n) is 8.25. The summed E-state index contributed by atoms with van der Waals surface area (Å²) in [6.07, 6.45) is 4.07. The summed E-state index contributed by atoms with van der Waals surface area (Å²) in [5, 5.41) is 5.81. The predicted molar refractivity (Wildman–Crippen MR) is 105 cm³/mol. The molecule has 0 atom stereocenters. The molecule has 0 unspecified atom stereocenters. The first-order chi connectivity index (χ1) is 12.3. The van der Waals surface area contributed by atoms with Gasteiger partial charge in [-0.1, -0.05) is 11.8 Å². The molecule has 25 heavy (non-hydrogen) atoms. The number of hydrogen-bond acceptors (Lipinski definition) is 6. The number of amides is 1. The minimum absolute atomic E-state index is 0.0257. The molecule has 0 radical (unpaired) electrons. The third-order valence-corrected chi connectivity index (χ3v) is 6.20. The molecular formula is C18H18N4OS2. The number of nitrogens with one attached hydrogen (secondary N) is 1. The first kappa shape index (κ1) is 16.4. The van der Waals surface area contributed by atoms with E-state index in [4.69, 9.17) is 0 Å². The number of thiophene rings is 1. The Hall–Kier alpha value is -2.12. The molecule has 3 heterocycles. The predicted octanol–water partition coefficient (Wildman–Crippen LogP) is 4.02. The summed E-state index contributed by atoms with van der Waals surface area (Å²) < 4.78 is 1.04. The lowest BCUT2D eigenvalue weighted by Crippen LogP contribution is -2.18. The number of rotatable bonds is 5. The molecule has 5 nitrogen and oxygen atoms in total. The van der Waals surface area contributed by atoms with Crippen LogP contribution >= 0.6 is 23.1 Å². The lowest BCUT2D eigenvalue weighted by atomic mass is 10.2. The summed E-state index contributed by atoms with van der Waals surface area (Å²) in [5.74, 6) is 0.306. The first-order valence-corrected chi connectivity index (χ1v) is 10.1. The van der Waals surface area contributed by atoms with Crippen LogP contribution < -0.4 is 10.2 Å². The van der Waals surface area contributed by atoms with Crippen molar-refractivity contribution in [3.05, 3.63) is 42.0 Å². The highest BCUT2D eigenvalue weighted by Gasteiger charge is 2.12. The van der Waals surface area contributed by atoms with Crippen LogP contribution in [0.4, 0.5) is 11.4 Å². The van der Waals surface area contributed by atoms with Crippen molar-refractivity contribution in [3.8, 4) is 0 Å². The molecule has 3 aromatic rings. The van der Waals surface area contributed by atoms with Crippen LogP contribution in [0.5, 0.6) is 0 Å². The van der Waals surface area contributed by atoms with E-state index in [9.17, 15) is 4.79 Å². The number of nitrogens with zero attached hydrogens (tertiary/aromatic N) is 3. The quantitative estimate of drug-likeness (QED) is 0.543. The molecule has 1 aliphatic rings. The van der Waals surface area contributed by atoms with Crippen molar-refractivity contribution in [1.82, 2.24) is 9.97 Å². The molecule has 128 valence electrons. The Morgan fingerprint density at radius 1 is 1.16 bits per heavy atom. The monoisotopic (exact) mass is 370 g/mol. The Morgan fingerprint density at radius 2 is 1.96 bits per heavy atom. The Labute approximate surface area is 154 Å². The molecule has 0 bridgehead atoms. The molecule has 7 heteroatoms. The standard InChI is InChI=1S/C18H18N4OS2/c23-16(11-25-18-17-15(7-10-24-17)19-12-20-18)21-13-3-5-14(6-4-13)22-8-1-2-9-22/h3-7,10,12H,1-2,8-9,11H2,(H,21,23). The van der Waals surface area contributed by atoms with E-state index in [-0.39, 0.29) is 5.91 Å². The minimum Gasteiger partial charge on any atom is -0.372 e. The average molecular weight is 371 g/mol. The molecule has 1 saturated heterocycles. The van der Waals surface area contributed by atoms with Gasteiger partial charge in [-0.05, 0) is 48.6 Å². The van der Waals surface area contributed by atoms with Crippen LogP contribution in [0, 0.1) is 0 Å². The van der Waals surface area contributed by atoms with Crippen LogP contribution in [0.15, 0.2) is 47.1 Å². The Balaban J connectivity index is 1.35. The van der Waals surface area contributed by atoms with Gasteiger partial charge in [-0.15, -0.1) is 11.3 Å². The molecule has 4 rings (SSSR count). The van der Waals surface area contributed by atoms with Crippen LogP contribution in [0.2, 0.25) is 0 Å². The molecular weight excluding hydrogens is 352 g/mol. The number of aromatic nitrogens is 2. The van der Waals surface area contributed by atoms with Crippen LogP contribution in [-0.2, 0) is 4.79 Å². The number of fused-ring (bicyclic) bond motifs is 1. The van der Waals surface area contributed by atoms with E-state index in [0.29, 0.717) is 5.75 Å². The van der Waals surface area contributed by atoms with E-state index >= 15 is 0 Å². The third kappa shape index (κ3) is 3.77. The van der Waals surface area contributed by atoms with Crippen molar-refractivity contribution < 1.29 is 4.79 Å². The van der Waals surface area contributed by atoms with Gasteiger partial charge in [0.2, 0.25) is 5.91 Å². The van der Waals surface area contributed by atoms with E-state index in [1.165, 1.54) is 30.3 Å². The molecule has 1 aromatic carbocycles. The van der Waals surface area contributed by atoms with Crippen molar-refractivity contribution in [3.63, 3.8) is 0 Å². The molecule has 1 N–H and O–H groups in total. The average Bonchev–Trinajstić information content (AvgIpc) is 3.32. The van der Waals surface area contributed by atoms with E-state index in [2.05, 4.69) is 32.3 Å². The lowest BCUT2D eigenvalue weighted by Gasteiger charge is -2.17. The van der Waals surface area contributed by atoms with E-state index in [1.54, 1.807) is 17.7 Å². The van der Waals surface area contributed by atoms with Gasteiger partial charge in [0.15, 0.2) is 0 Å². The second kappa shape index (κ2) is 7.41. The topological polar surface area (TPSA) is 58.1 Å². The molecule has 0 saturated carbocycles. The van der Waals surface area contributed by atoms with Gasteiger partial charge < -0.3 is 10.2 Å². The fourth-order valence-corrected chi connectivity index (χ4v) is 4.68. The maximum atomic E-state index is 12.2. The van der Waals surface area contributed by atoms with E-state index in [1.807, 2.05) is 23.6 Å².